The number of benzene rings is 1. The topological polar surface area (TPSA) is 70.1 Å². The summed E-state index contributed by atoms with van der Waals surface area (Å²) in [5.74, 6) is -0.469. The van der Waals surface area contributed by atoms with Gasteiger partial charge in [0.2, 0.25) is 0 Å². The van der Waals surface area contributed by atoms with Gasteiger partial charge in [0.05, 0.1) is 17.4 Å². The van der Waals surface area contributed by atoms with Crippen LogP contribution < -0.4 is 5.73 Å². The zero-order valence-corrected chi connectivity index (χ0v) is 9.53. The molecule has 1 aromatic heterocycles. The van der Waals surface area contributed by atoms with E-state index < -0.39 is 5.91 Å². The molecular weight excluding hydrogens is 230 g/mol. The Labute approximate surface area is 98.6 Å². The minimum Gasteiger partial charge on any atom is -0.366 e. The van der Waals surface area contributed by atoms with E-state index in [2.05, 4.69) is 4.98 Å². The number of hydrogen-bond donors (Lipinski definition) is 1. The predicted octanol–water partition coefficient (Wildman–Crippen LogP) is 1.16. The molecule has 5 nitrogen and oxygen atoms in total. The Morgan fingerprint density at radius 2 is 2.31 bits per heavy atom. The molecular formula is C10H12ClN3O2. The van der Waals surface area contributed by atoms with Crippen LogP contribution in [0.15, 0.2) is 24.5 Å². The van der Waals surface area contributed by atoms with Crippen molar-refractivity contribution in [2.24, 2.45) is 5.73 Å². The monoisotopic (exact) mass is 241 g/mol. The highest BCUT2D eigenvalue weighted by Crippen LogP contribution is 2.16. The second-order valence-corrected chi connectivity index (χ2v) is 3.17. The zero-order valence-electron chi connectivity index (χ0n) is 8.71. The fraction of sp³-hybridized carbons (Fsp3) is 0.200. The number of carbonyl (C=O) groups is 1. The third-order valence-electron chi connectivity index (χ3n) is 2.18. The molecule has 0 aliphatic carbocycles. The van der Waals surface area contributed by atoms with Gasteiger partial charge >= 0.3 is 0 Å². The Balaban J connectivity index is 0.00000128. The van der Waals surface area contributed by atoms with Gasteiger partial charge in [-0.15, -0.1) is 12.4 Å². The van der Waals surface area contributed by atoms with Crippen LogP contribution >= 0.6 is 12.4 Å². The number of aromatic nitrogens is 2. The second kappa shape index (κ2) is 4.96. The van der Waals surface area contributed by atoms with Crippen LogP contribution in [0.5, 0.6) is 0 Å². The summed E-state index contributed by atoms with van der Waals surface area (Å²) in [5.41, 5.74) is 7.13. The number of nitrogens with two attached hydrogens (primary N) is 1. The van der Waals surface area contributed by atoms with E-state index in [1.807, 2.05) is 10.6 Å². The molecule has 16 heavy (non-hydrogen) atoms. The number of rotatable bonds is 3. The fourth-order valence-corrected chi connectivity index (χ4v) is 1.53. The van der Waals surface area contributed by atoms with Crippen LogP contribution in [0.1, 0.15) is 10.4 Å². The second-order valence-electron chi connectivity index (χ2n) is 3.17. The van der Waals surface area contributed by atoms with Gasteiger partial charge in [-0.05, 0) is 12.1 Å². The molecule has 6 heteroatoms. The summed E-state index contributed by atoms with van der Waals surface area (Å²) in [4.78, 5) is 15.3. The van der Waals surface area contributed by atoms with Crippen LogP contribution in [-0.4, -0.2) is 22.6 Å². The van der Waals surface area contributed by atoms with Crippen LogP contribution in [0.25, 0.3) is 11.0 Å². The number of fused-ring (bicyclic) bond motifs is 1. The Hall–Kier alpha value is -1.59. The summed E-state index contributed by atoms with van der Waals surface area (Å²) in [6.45, 7) is 0.402. The highest BCUT2D eigenvalue weighted by atomic mass is 35.5. The highest BCUT2D eigenvalue weighted by Gasteiger charge is 2.10. The standard InChI is InChI=1S/C10H11N3O2.ClH/c1-15-6-13-5-12-9-7(10(11)14)3-2-4-8(9)13;/h2-5H,6H2,1H3,(H2,11,14);1H. The number of carbonyl (C=O) groups excluding carboxylic acids is 1. The van der Waals surface area contributed by atoms with Gasteiger partial charge in [-0.1, -0.05) is 6.07 Å². The normalized spacial score (nSPS) is 10.1. The molecule has 0 aliphatic heterocycles. The summed E-state index contributed by atoms with van der Waals surface area (Å²) in [6.07, 6.45) is 1.63. The van der Waals surface area contributed by atoms with Crippen LogP contribution in [0.4, 0.5) is 0 Å². The maximum atomic E-state index is 11.1. The molecule has 2 rings (SSSR count). The average Bonchev–Trinajstić information content (AvgIpc) is 2.62. The van der Waals surface area contributed by atoms with Crippen LogP contribution in [0.3, 0.4) is 0 Å². The summed E-state index contributed by atoms with van der Waals surface area (Å²) >= 11 is 0. The first-order valence-corrected chi connectivity index (χ1v) is 4.46. The molecule has 1 aromatic carbocycles. The maximum Gasteiger partial charge on any atom is 0.250 e. The van der Waals surface area contributed by atoms with E-state index >= 15 is 0 Å². The van der Waals surface area contributed by atoms with E-state index in [-0.39, 0.29) is 12.4 Å². The molecule has 0 unspecified atom stereocenters. The molecule has 86 valence electrons. The van der Waals surface area contributed by atoms with Crippen molar-refractivity contribution in [3.63, 3.8) is 0 Å². The molecule has 0 saturated heterocycles. The van der Waals surface area contributed by atoms with Crippen molar-refractivity contribution in [1.29, 1.82) is 0 Å². The van der Waals surface area contributed by atoms with Crippen molar-refractivity contribution in [2.45, 2.75) is 6.73 Å². The maximum absolute atomic E-state index is 11.1. The van der Waals surface area contributed by atoms with E-state index in [1.165, 1.54) is 0 Å². The number of para-hydroxylation sites is 1. The van der Waals surface area contributed by atoms with Crippen molar-refractivity contribution in [3.8, 4) is 0 Å². The average molecular weight is 242 g/mol. The molecule has 0 aliphatic rings. The van der Waals surface area contributed by atoms with Gasteiger partial charge in [-0.25, -0.2) is 4.98 Å². The molecule has 0 radical (unpaired) electrons. The first-order chi connectivity index (χ1) is 7.24. The van der Waals surface area contributed by atoms with E-state index in [0.717, 1.165) is 5.52 Å². The Morgan fingerprint density at radius 3 is 2.94 bits per heavy atom. The lowest BCUT2D eigenvalue weighted by molar-refractivity contribution is 0.100. The van der Waals surface area contributed by atoms with Gasteiger partial charge in [0.15, 0.2) is 0 Å². The molecule has 1 heterocycles. The van der Waals surface area contributed by atoms with E-state index in [4.69, 9.17) is 10.5 Å². The number of primary amides is 1. The van der Waals surface area contributed by atoms with Crippen molar-refractivity contribution in [3.05, 3.63) is 30.1 Å². The Morgan fingerprint density at radius 1 is 1.56 bits per heavy atom. The minimum absolute atomic E-state index is 0. The van der Waals surface area contributed by atoms with Crippen molar-refractivity contribution >= 4 is 29.3 Å². The molecule has 0 spiro atoms. The van der Waals surface area contributed by atoms with Gasteiger partial charge < -0.3 is 15.0 Å². The molecule has 0 fully saturated rings. The van der Waals surface area contributed by atoms with Crippen LogP contribution in [0, 0.1) is 0 Å². The minimum atomic E-state index is -0.469. The van der Waals surface area contributed by atoms with Crippen molar-refractivity contribution < 1.29 is 9.53 Å². The van der Waals surface area contributed by atoms with E-state index in [1.54, 1.807) is 25.6 Å². The number of halogens is 1. The third kappa shape index (κ3) is 2.00. The third-order valence-corrected chi connectivity index (χ3v) is 2.18. The van der Waals surface area contributed by atoms with Gasteiger partial charge in [0, 0.05) is 7.11 Å². The van der Waals surface area contributed by atoms with Gasteiger partial charge in [0.25, 0.3) is 5.91 Å². The molecule has 0 bridgehead atoms. The number of amides is 1. The summed E-state index contributed by atoms with van der Waals surface area (Å²) in [6, 6.07) is 5.30. The lowest BCUT2D eigenvalue weighted by Gasteiger charge is -2.02. The van der Waals surface area contributed by atoms with Crippen molar-refractivity contribution in [2.75, 3.05) is 7.11 Å². The molecule has 2 aromatic rings. The fourth-order valence-electron chi connectivity index (χ4n) is 1.53. The lowest BCUT2D eigenvalue weighted by Crippen LogP contribution is -2.11. The van der Waals surface area contributed by atoms with E-state index in [0.29, 0.717) is 17.8 Å². The molecule has 1 amide bonds. The highest BCUT2D eigenvalue weighted by molar-refractivity contribution is 6.04. The number of hydrogen-bond acceptors (Lipinski definition) is 3. The van der Waals surface area contributed by atoms with Gasteiger partial charge in [0.1, 0.15) is 12.2 Å². The number of ether oxygens (including phenoxy) is 1. The zero-order chi connectivity index (χ0) is 10.8. The van der Waals surface area contributed by atoms with Crippen molar-refractivity contribution in [1.82, 2.24) is 9.55 Å². The first-order valence-electron chi connectivity index (χ1n) is 4.46. The predicted molar refractivity (Wildman–Crippen MR) is 62.5 cm³/mol. The quantitative estimate of drug-likeness (QED) is 0.877. The number of nitrogens with zero attached hydrogens (tertiary/aromatic N) is 2. The van der Waals surface area contributed by atoms with Gasteiger partial charge in [-0.2, -0.15) is 0 Å². The largest absolute Gasteiger partial charge is 0.366 e. The summed E-state index contributed by atoms with van der Waals surface area (Å²) in [7, 11) is 1.60. The van der Waals surface area contributed by atoms with Gasteiger partial charge in [-0.3, -0.25) is 4.79 Å². The first kappa shape index (κ1) is 12.5. The Bertz CT molecular complexity index is 510. The summed E-state index contributed by atoms with van der Waals surface area (Å²) in [5, 5.41) is 0. The van der Waals surface area contributed by atoms with Crippen LogP contribution in [0.2, 0.25) is 0 Å². The Kier molecular flexibility index (Phi) is 3.87. The molecule has 0 saturated carbocycles. The molecule has 0 atom stereocenters. The number of methoxy groups -OCH3 is 1. The lowest BCUT2D eigenvalue weighted by atomic mass is 10.2. The number of imidazole rings is 1. The molecule has 2 N–H and O–H groups in total. The van der Waals surface area contributed by atoms with Crippen LogP contribution in [-0.2, 0) is 11.5 Å². The smallest absolute Gasteiger partial charge is 0.250 e. The van der Waals surface area contributed by atoms with E-state index in [9.17, 15) is 4.79 Å². The summed E-state index contributed by atoms with van der Waals surface area (Å²) < 4.78 is 6.81. The SMILES string of the molecule is COCn1cnc2c(C(N)=O)cccc21.Cl.